The molecular formula is C13H19F. The minimum absolute atomic E-state index is 0.0341. The lowest BCUT2D eigenvalue weighted by Gasteiger charge is -2.11. The molecule has 0 N–H and O–H groups in total. The topological polar surface area (TPSA) is 0 Å². The van der Waals surface area contributed by atoms with E-state index >= 15 is 0 Å². The van der Waals surface area contributed by atoms with Crippen LogP contribution in [-0.2, 0) is 12.8 Å². The molecule has 0 bridgehead atoms. The first-order valence-corrected chi connectivity index (χ1v) is 5.39. The molecule has 0 heterocycles. The molecular weight excluding hydrogens is 175 g/mol. The fourth-order valence-corrected chi connectivity index (χ4v) is 1.57. The van der Waals surface area contributed by atoms with Gasteiger partial charge >= 0.3 is 0 Å². The molecule has 0 aliphatic rings. The van der Waals surface area contributed by atoms with Crippen molar-refractivity contribution in [1.29, 1.82) is 0 Å². The van der Waals surface area contributed by atoms with Crippen molar-refractivity contribution in [2.75, 3.05) is 6.67 Å². The van der Waals surface area contributed by atoms with Gasteiger partial charge in [0.1, 0.15) is 0 Å². The SMILES string of the molecule is CCc1cc(CC)cc(C(C)CF)c1. The maximum absolute atomic E-state index is 12.5. The summed E-state index contributed by atoms with van der Waals surface area (Å²) < 4.78 is 12.5. The van der Waals surface area contributed by atoms with E-state index in [1.54, 1.807) is 0 Å². The Balaban J connectivity index is 3.04. The normalized spacial score (nSPS) is 12.9. The second-order valence-electron chi connectivity index (χ2n) is 3.85. The van der Waals surface area contributed by atoms with Gasteiger partial charge in [-0.3, -0.25) is 4.39 Å². The molecule has 78 valence electrons. The molecule has 0 saturated heterocycles. The van der Waals surface area contributed by atoms with Gasteiger partial charge in [-0.2, -0.15) is 0 Å². The van der Waals surface area contributed by atoms with E-state index in [0.29, 0.717) is 0 Å². The van der Waals surface area contributed by atoms with Crippen LogP contribution in [0.2, 0.25) is 0 Å². The van der Waals surface area contributed by atoms with Gasteiger partial charge in [-0.25, -0.2) is 0 Å². The van der Waals surface area contributed by atoms with Crippen molar-refractivity contribution < 1.29 is 4.39 Å². The maximum Gasteiger partial charge on any atom is 0.0960 e. The highest BCUT2D eigenvalue weighted by atomic mass is 19.1. The average molecular weight is 194 g/mol. The summed E-state index contributed by atoms with van der Waals surface area (Å²) in [5, 5.41) is 0. The van der Waals surface area contributed by atoms with Crippen LogP contribution in [0.1, 0.15) is 43.4 Å². The van der Waals surface area contributed by atoms with Crippen LogP contribution in [-0.4, -0.2) is 6.67 Å². The van der Waals surface area contributed by atoms with Crippen molar-refractivity contribution in [3.8, 4) is 0 Å². The van der Waals surface area contributed by atoms with Crippen LogP contribution in [0.4, 0.5) is 4.39 Å². The van der Waals surface area contributed by atoms with E-state index in [9.17, 15) is 4.39 Å². The molecule has 1 atom stereocenters. The summed E-state index contributed by atoms with van der Waals surface area (Å²) >= 11 is 0. The molecule has 0 aliphatic heterocycles. The van der Waals surface area contributed by atoms with Crippen LogP contribution in [0.15, 0.2) is 18.2 Å². The number of hydrogen-bond donors (Lipinski definition) is 0. The minimum atomic E-state index is -0.268. The van der Waals surface area contributed by atoms with Crippen LogP contribution in [0, 0.1) is 0 Å². The van der Waals surface area contributed by atoms with E-state index in [4.69, 9.17) is 0 Å². The smallest absolute Gasteiger partial charge is 0.0960 e. The summed E-state index contributed by atoms with van der Waals surface area (Å²) in [7, 11) is 0. The van der Waals surface area contributed by atoms with Crippen molar-refractivity contribution in [2.45, 2.75) is 39.5 Å². The van der Waals surface area contributed by atoms with E-state index in [1.165, 1.54) is 11.1 Å². The Bertz CT molecular complexity index is 269. The van der Waals surface area contributed by atoms with Gasteiger partial charge in [-0.05, 0) is 29.5 Å². The Morgan fingerprint density at radius 2 is 1.57 bits per heavy atom. The lowest BCUT2D eigenvalue weighted by Crippen LogP contribution is -1.98. The number of hydrogen-bond acceptors (Lipinski definition) is 0. The number of benzene rings is 1. The average Bonchev–Trinajstić information content (AvgIpc) is 2.27. The van der Waals surface area contributed by atoms with Crippen LogP contribution in [0.3, 0.4) is 0 Å². The Hall–Kier alpha value is -0.850. The second kappa shape index (κ2) is 5.14. The zero-order chi connectivity index (χ0) is 10.6. The zero-order valence-corrected chi connectivity index (χ0v) is 9.31. The minimum Gasteiger partial charge on any atom is -0.250 e. The van der Waals surface area contributed by atoms with Gasteiger partial charge in [-0.15, -0.1) is 0 Å². The third-order valence-corrected chi connectivity index (χ3v) is 2.69. The fraction of sp³-hybridized carbons (Fsp3) is 0.538. The third kappa shape index (κ3) is 2.57. The van der Waals surface area contributed by atoms with Gasteiger partial charge in [-0.1, -0.05) is 39.0 Å². The van der Waals surface area contributed by atoms with Gasteiger partial charge < -0.3 is 0 Å². The van der Waals surface area contributed by atoms with E-state index in [2.05, 4.69) is 32.0 Å². The van der Waals surface area contributed by atoms with Crippen LogP contribution >= 0.6 is 0 Å². The van der Waals surface area contributed by atoms with Crippen LogP contribution in [0.25, 0.3) is 0 Å². The molecule has 0 fully saturated rings. The van der Waals surface area contributed by atoms with E-state index in [0.717, 1.165) is 18.4 Å². The molecule has 0 aliphatic carbocycles. The Morgan fingerprint density at radius 1 is 1.07 bits per heavy atom. The maximum atomic E-state index is 12.5. The van der Waals surface area contributed by atoms with Crippen LogP contribution < -0.4 is 0 Å². The second-order valence-corrected chi connectivity index (χ2v) is 3.85. The highest BCUT2D eigenvalue weighted by Crippen LogP contribution is 2.20. The number of alkyl halides is 1. The fourth-order valence-electron chi connectivity index (χ4n) is 1.57. The molecule has 1 aromatic rings. The summed E-state index contributed by atoms with van der Waals surface area (Å²) in [6.45, 7) is 5.95. The first-order valence-electron chi connectivity index (χ1n) is 5.39. The van der Waals surface area contributed by atoms with E-state index < -0.39 is 0 Å². The molecule has 1 aromatic carbocycles. The zero-order valence-electron chi connectivity index (χ0n) is 9.31. The van der Waals surface area contributed by atoms with Crippen molar-refractivity contribution in [2.24, 2.45) is 0 Å². The summed E-state index contributed by atoms with van der Waals surface area (Å²) in [6.07, 6.45) is 2.06. The lowest BCUT2D eigenvalue weighted by molar-refractivity contribution is 0.447. The van der Waals surface area contributed by atoms with Crippen LogP contribution in [0.5, 0.6) is 0 Å². The van der Waals surface area contributed by atoms with Crippen molar-refractivity contribution in [3.05, 3.63) is 34.9 Å². The monoisotopic (exact) mass is 194 g/mol. The summed E-state index contributed by atoms with van der Waals surface area (Å²) in [5.41, 5.74) is 3.78. The number of rotatable bonds is 4. The molecule has 0 nitrogen and oxygen atoms in total. The summed E-state index contributed by atoms with van der Waals surface area (Å²) in [5.74, 6) is 0.0341. The molecule has 0 aromatic heterocycles. The Labute approximate surface area is 86.2 Å². The molecule has 0 amide bonds. The summed E-state index contributed by atoms with van der Waals surface area (Å²) in [6, 6.07) is 6.47. The molecule has 1 rings (SSSR count). The molecule has 1 heteroatoms. The standard InChI is InChI=1S/C13H19F/c1-4-11-6-12(5-2)8-13(7-11)10(3)9-14/h6-8,10H,4-5,9H2,1-3H3. The van der Waals surface area contributed by atoms with Gasteiger partial charge in [0.2, 0.25) is 0 Å². The Kier molecular flexibility index (Phi) is 4.12. The van der Waals surface area contributed by atoms with Crippen molar-refractivity contribution in [3.63, 3.8) is 0 Å². The molecule has 1 unspecified atom stereocenters. The quantitative estimate of drug-likeness (QED) is 0.682. The molecule has 14 heavy (non-hydrogen) atoms. The largest absolute Gasteiger partial charge is 0.250 e. The number of aryl methyl sites for hydroxylation is 2. The van der Waals surface area contributed by atoms with Crippen molar-refractivity contribution >= 4 is 0 Å². The molecule has 0 spiro atoms. The molecule has 0 radical (unpaired) electrons. The summed E-state index contributed by atoms with van der Waals surface area (Å²) in [4.78, 5) is 0. The van der Waals surface area contributed by atoms with Gasteiger partial charge in [0, 0.05) is 5.92 Å². The lowest BCUT2D eigenvalue weighted by atomic mass is 9.95. The third-order valence-electron chi connectivity index (χ3n) is 2.69. The molecule has 0 saturated carbocycles. The van der Waals surface area contributed by atoms with Gasteiger partial charge in [0.05, 0.1) is 6.67 Å². The van der Waals surface area contributed by atoms with E-state index in [-0.39, 0.29) is 12.6 Å². The van der Waals surface area contributed by atoms with E-state index in [1.807, 2.05) is 6.92 Å². The predicted octanol–water partition coefficient (Wildman–Crippen LogP) is 3.88. The first kappa shape index (κ1) is 11.2. The van der Waals surface area contributed by atoms with Crippen molar-refractivity contribution in [1.82, 2.24) is 0 Å². The van der Waals surface area contributed by atoms with Gasteiger partial charge in [0.25, 0.3) is 0 Å². The first-order chi connectivity index (χ1) is 6.71. The highest BCUT2D eigenvalue weighted by Gasteiger charge is 2.06. The Morgan fingerprint density at radius 3 is 1.93 bits per heavy atom. The predicted molar refractivity (Wildman–Crippen MR) is 59.6 cm³/mol. The highest BCUT2D eigenvalue weighted by molar-refractivity contribution is 5.32. The number of halogens is 1. The van der Waals surface area contributed by atoms with Gasteiger partial charge in [0.15, 0.2) is 0 Å².